The summed E-state index contributed by atoms with van der Waals surface area (Å²) in [5.41, 5.74) is 9.26. The van der Waals surface area contributed by atoms with Crippen LogP contribution in [-0.4, -0.2) is 21.9 Å². The van der Waals surface area contributed by atoms with Crippen molar-refractivity contribution < 1.29 is 9.59 Å². The van der Waals surface area contributed by atoms with Gasteiger partial charge >= 0.3 is 0 Å². The van der Waals surface area contributed by atoms with E-state index in [1.165, 1.54) is 22.7 Å². The number of thiocarbonyl (C=S) groups is 1. The van der Waals surface area contributed by atoms with Gasteiger partial charge < -0.3 is 11.1 Å². The zero-order valence-electron chi connectivity index (χ0n) is 12.3. The number of fused-ring (bicyclic) bond motifs is 1. The van der Waals surface area contributed by atoms with E-state index in [-0.39, 0.29) is 11.0 Å². The van der Waals surface area contributed by atoms with Crippen molar-refractivity contribution >= 4 is 56.8 Å². The Kier molecular flexibility index (Phi) is 4.42. The highest BCUT2D eigenvalue weighted by Gasteiger charge is 2.26. The van der Waals surface area contributed by atoms with Gasteiger partial charge in [0.05, 0.1) is 16.8 Å². The molecular weight excluding hydrogens is 352 g/mol. The molecule has 3 rings (SSSR count). The minimum Gasteiger partial charge on any atom is -0.365 e. The number of rotatable bonds is 3. The second-order valence-electron chi connectivity index (χ2n) is 5.10. The second-order valence-corrected chi connectivity index (χ2v) is 7.47. The monoisotopic (exact) mass is 366 g/mol. The van der Waals surface area contributed by atoms with Crippen molar-refractivity contribution in [2.24, 2.45) is 5.73 Å². The topological polar surface area (TPSA) is 97.1 Å². The Morgan fingerprint density at radius 2 is 2.17 bits per heavy atom. The van der Waals surface area contributed by atoms with Gasteiger partial charge in [0.2, 0.25) is 0 Å². The molecule has 0 fully saturated rings. The predicted octanol–water partition coefficient (Wildman–Crippen LogP) is 2.23. The van der Waals surface area contributed by atoms with Crippen molar-refractivity contribution in [2.75, 3.05) is 5.32 Å². The van der Waals surface area contributed by atoms with Gasteiger partial charge in [0.15, 0.2) is 5.11 Å². The van der Waals surface area contributed by atoms with Crippen LogP contribution in [0.25, 0.3) is 0 Å². The van der Waals surface area contributed by atoms with E-state index in [9.17, 15) is 9.59 Å². The van der Waals surface area contributed by atoms with Crippen molar-refractivity contribution in [3.05, 3.63) is 32.1 Å². The molecule has 2 aromatic rings. The fourth-order valence-corrected chi connectivity index (χ4v) is 4.82. The molecule has 0 unspecified atom stereocenters. The van der Waals surface area contributed by atoms with Gasteiger partial charge in [-0.1, -0.05) is 0 Å². The smallest absolute Gasteiger partial charge is 0.269 e. The second kappa shape index (κ2) is 6.34. The summed E-state index contributed by atoms with van der Waals surface area (Å²) in [7, 11) is 0. The molecule has 0 spiro atoms. The molecule has 0 radical (unpaired) electrons. The molecule has 9 heteroatoms. The average molecular weight is 366 g/mol. The Balaban J connectivity index is 1.75. The highest BCUT2D eigenvalue weighted by molar-refractivity contribution is 7.80. The normalized spacial score (nSPS) is 12.7. The Hall–Kier alpha value is -1.84. The molecule has 0 saturated carbocycles. The molecule has 1 aliphatic rings. The fourth-order valence-electron chi connectivity index (χ4n) is 2.57. The third-order valence-electron chi connectivity index (χ3n) is 3.57. The molecule has 2 aromatic heterocycles. The SMILES string of the molecule is Cc1ncsc1C(=O)NC(=S)Nc1sc2c(c1C(N)=O)CCC2. The van der Waals surface area contributed by atoms with Crippen LogP contribution in [0.15, 0.2) is 5.51 Å². The summed E-state index contributed by atoms with van der Waals surface area (Å²) in [6.07, 6.45) is 2.83. The molecule has 1 aliphatic carbocycles. The zero-order valence-corrected chi connectivity index (χ0v) is 14.7. The van der Waals surface area contributed by atoms with Gasteiger partial charge in [-0.15, -0.1) is 22.7 Å². The number of amides is 2. The Bertz CT molecular complexity index is 809. The lowest BCUT2D eigenvalue weighted by Gasteiger charge is -2.09. The highest BCUT2D eigenvalue weighted by atomic mass is 32.1. The first kappa shape index (κ1) is 16.0. The molecule has 4 N–H and O–H groups in total. The molecule has 6 nitrogen and oxygen atoms in total. The van der Waals surface area contributed by atoms with E-state index in [0.717, 1.165) is 29.7 Å². The van der Waals surface area contributed by atoms with Crippen molar-refractivity contribution in [2.45, 2.75) is 26.2 Å². The summed E-state index contributed by atoms with van der Waals surface area (Å²) in [5, 5.41) is 6.29. The molecule has 0 atom stereocenters. The van der Waals surface area contributed by atoms with Gasteiger partial charge in [-0.25, -0.2) is 4.98 Å². The van der Waals surface area contributed by atoms with Crippen LogP contribution >= 0.6 is 34.9 Å². The van der Waals surface area contributed by atoms with Gasteiger partial charge in [-0.3, -0.25) is 14.9 Å². The number of carbonyl (C=O) groups excluding carboxylic acids is 2. The number of aryl methyl sites for hydroxylation is 2. The van der Waals surface area contributed by atoms with Crippen molar-refractivity contribution in [1.82, 2.24) is 10.3 Å². The van der Waals surface area contributed by atoms with Crippen LogP contribution < -0.4 is 16.4 Å². The molecule has 0 aliphatic heterocycles. The average Bonchev–Trinajstić information content (AvgIpc) is 3.13. The number of anilines is 1. The number of carbonyl (C=O) groups is 2. The molecule has 2 heterocycles. The van der Waals surface area contributed by atoms with E-state index in [2.05, 4.69) is 15.6 Å². The number of thiazole rings is 1. The molecule has 0 aromatic carbocycles. The van der Waals surface area contributed by atoms with Crippen LogP contribution in [0.3, 0.4) is 0 Å². The largest absolute Gasteiger partial charge is 0.365 e. The van der Waals surface area contributed by atoms with E-state index >= 15 is 0 Å². The van der Waals surface area contributed by atoms with E-state index in [0.29, 0.717) is 21.1 Å². The number of primary amides is 1. The van der Waals surface area contributed by atoms with E-state index in [1.807, 2.05) is 0 Å². The molecule has 120 valence electrons. The maximum atomic E-state index is 12.1. The standard InChI is InChI=1S/C14H14N4O2S3/c1-6-10(22-5-16-6)12(20)17-14(21)18-13-9(11(15)19)7-3-2-4-8(7)23-13/h5H,2-4H2,1H3,(H2,15,19)(H2,17,18,20,21). The maximum Gasteiger partial charge on any atom is 0.269 e. The van der Waals surface area contributed by atoms with Crippen molar-refractivity contribution in [3.63, 3.8) is 0 Å². The maximum absolute atomic E-state index is 12.1. The molecule has 2 amide bonds. The third-order valence-corrected chi connectivity index (χ3v) is 5.91. The lowest BCUT2D eigenvalue weighted by molar-refractivity contribution is 0.0978. The number of hydrogen-bond acceptors (Lipinski definition) is 6. The zero-order chi connectivity index (χ0) is 16.6. The summed E-state index contributed by atoms with van der Waals surface area (Å²) in [6.45, 7) is 1.76. The number of hydrogen-bond donors (Lipinski definition) is 3. The number of nitrogens with two attached hydrogens (primary N) is 1. The first-order chi connectivity index (χ1) is 11.0. The van der Waals surface area contributed by atoms with Gasteiger partial charge in [0.25, 0.3) is 11.8 Å². The van der Waals surface area contributed by atoms with E-state index < -0.39 is 5.91 Å². The van der Waals surface area contributed by atoms with Gasteiger partial charge in [-0.2, -0.15) is 0 Å². The Labute approximate surface area is 146 Å². The summed E-state index contributed by atoms with van der Waals surface area (Å²) in [4.78, 5) is 29.6. The number of nitrogens with zero attached hydrogens (tertiary/aromatic N) is 1. The van der Waals surface area contributed by atoms with Crippen LogP contribution in [0, 0.1) is 6.92 Å². The van der Waals surface area contributed by atoms with Crippen LogP contribution in [0.4, 0.5) is 5.00 Å². The third kappa shape index (κ3) is 3.12. The van der Waals surface area contributed by atoms with E-state index in [4.69, 9.17) is 18.0 Å². The summed E-state index contributed by atoms with van der Waals surface area (Å²) >= 11 is 7.90. The van der Waals surface area contributed by atoms with Gasteiger partial charge in [0, 0.05) is 4.88 Å². The Morgan fingerprint density at radius 1 is 1.39 bits per heavy atom. The number of thiophene rings is 1. The summed E-state index contributed by atoms with van der Waals surface area (Å²) < 4.78 is 0. The first-order valence-corrected chi connectivity index (χ1v) is 9.04. The molecular formula is C14H14N4O2S3. The van der Waals surface area contributed by atoms with Crippen LogP contribution in [0.2, 0.25) is 0 Å². The quantitative estimate of drug-likeness (QED) is 0.724. The Morgan fingerprint density at radius 3 is 2.83 bits per heavy atom. The number of nitrogens with one attached hydrogen (secondary N) is 2. The predicted molar refractivity (Wildman–Crippen MR) is 95.4 cm³/mol. The van der Waals surface area contributed by atoms with Crippen molar-refractivity contribution in [1.29, 1.82) is 0 Å². The van der Waals surface area contributed by atoms with Crippen LogP contribution in [0.1, 0.15) is 42.6 Å². The van der Waals surface area contributed by atoms with Crippen LogP contribution in [0.5, 0.6) is 0 Å². The van der Waals surface area contributed by atoms with Gasteiger partial charge in [0.1, 0.15) is 9.88 Å². The van der Waals surface area contributed by atoms with Crippen LogP contribution in [-0.2, 0) is 12.8 Å². The minimum atomic E-state index is -0.473. The fraction of sp³-hybridized carbons (Fsp3) is 0.286. The summed E-state index contributed by atoms with van der Waals surface area (Å²) in [5.74, 6) is -0.786. The first-order valence-electron chi connectivity index (χ1n) is 6.94. The molecule has 23 heavy (non-hydrogen) atoms. The number of aromatic nitrogens is 1. The highest BCUT2D eigenvalue weighted by Crippen LogP contribution is 2.38. The lowest BCUT2D eigenvalue weighted by atomic mass is 10.1. The molecule has 0 bridgehead atoms. The van der Waals surface area contributed by atoms with Crippen molar-refractivity contribution in [3.8, 4) is 0 Å². The minimum absolute atomic E-state index is 0.144. The lowest BCUT2D eigenvalue weighted by Crippen LogP contribution is -2.34. The van der Waals surface area contributed by atoms with Gasteiger partial charge in [-0.05, 0) is 44.0 Å². The summed E-state index contributed by atoms with van der Waals surface area (Å²) in [6, 6.07) is 0. The molecule has 0 saturated heterocycles. The van der Waals surface area contributed by atoms with E-state index in [1.54, 1.807) is 12.4 Å².